The third-order valence-corrected chi connectivity index (χ3v) is 5.20. The zero-order valence-corrected chi connectivity index (χ0v) is 18.1. The van der Waals surface area contributed by atoms with Crippen molar-refractivity contribution in [2.45, 2.75) is 40.0 Å². The molecule has 2 aromatic heterocycles. The van der Waals surface area contributed by atoms with E-state index < -0.39 is 12.1 Å². The molecule has 0 saturated carbocycles. The van der Waals surface area contributed by atoms with Crippen LogP contribution in [0.15, 0.2) is 59.2 Å². The molecule has 1 aromatic carbocycles. The van der Waals surface area contributed by atoms with Crippen LogP contribution < -0.4 is 0 Å². The summed E-state index contributed by atoms with van der Waals surface area (Å²) >= 11 is 0. The van der Waals surface area contributed by atoms with E-state index in [2.05, 4.69) is 0 Å². The van der Waals surface area contributed by atoms with Crippen molar-refractivity contribution in [3.63, 3.8) is 0 Å². The number of amides is 1. The number of ether oxygens (including phenoxy) is 1. The van der Waals surface area contributed by atoms with E-state index in [1.54, 1.807) is 41.5 Å². The van der Waals surface area contributed by atoms with Crippen LogP contribution in [0.1, 0.15) is 46.1 Å². The van der Waals surface area contributed by atoms with Crippen molar-refractivity contribution in [2.75, 3.05) is 13.2 Å². The van der Waals surface area contributed by atoms with Gasteiger partial charge >= 0.3 is 5.97 Å². The van der Waals surface area contributed by atoms with Crippen molar-refractivity contribution in [2.24, 2.45) is 0 Å². The Morgan fingerprint density at radius 3 is 2.55 bits per heavy atom. The number of hydrogen-bond donors (Lipinski definition) is 1. The van der Waals surface area contributed by atoms with Crippen LogP contribution in [-0.2, 0) is 22.6 Å². The van der Waals surface area contributed by atoms with Gasteiger partial charge in [0.05, 0.1) is 25.0 Å². The molecule has 7 heteroatoms. The van der Waals surface area contributed by atoms with Crippen LogP contribution >= 0.6 is 0 Å². The molecule has 0 aliphatic heterocycles. The molecule has 164 valence electrons. The molecule has 0 radical (unpaired) electrons. The Kier molecular flexibility index (Phi) is 7.31. The Balaban J connectivity index is 1.82. The predicted octanol–water partition coefficient (Wildman–Crippen LogP) is 3.64. The first-order chi connectivity index (χ1) is 14.9. The number of rotatable bonds is 9. The number of benzene rings is 1. The molecule has 7 nitrogen and oxygen atoms in total. The minimum atomic E-state index is -0.940. The number of aliphatic hydroxyl groups excluding tert-OH is 1. The monoisotopic (exact) mass is 424 g/mol. The van der Waals surface area contributed by atoms with Gasteiger partial charge in [0.25, 0.3) is 0 Å². The highest BCUT2D eigenvalue weighted by Crippen LogP contribution is 2.20. The molecule has 0 saturated heterocycles. The van der Waals surface area contributed by atoms with Gasteiger partial charge in [-0.1, -0.05) is 30.3 Å². The zero-order valence-electron chi connectivity index (χ0n) is 18.1. The number of aromatic nitrogens is 1. The van der Waals surface area contributed by atoms with E-state index in [0.29, 0.717) is 23.6 Å². The molecule has 0 spiro atoms. The Hall–Kier alpha value is -3.32. The van der Waals surface area contributed by atoms with Gasteiger partial charge in [-0.05, 0) is 44.5 Å². The van der Waals surface area contributed by atoms with Gasteiger partial charge in [-0.3, -0.25) is 4.79 Å². The third kappa shape index (κ3) is 5.44. The van der Waals surface area contributed by atoms with Crippen molar-refractivity contribution in [3.8, 4) is 0 Å². The number of aliphatic hydroxyl groups is 1. The molecular weight excluding hydrogens is 396 g/mol. The summed E-state index contributed by atoms with van der Waals surface area (Å²) in [6.45, 7) is 6.18. The van der Waals surface area contributed by atoms with Crippen molar-refractivity contribution < 1.29 is 23.8 Å². The van der Waals surface area contributed by atoms with E-state index in [-0.39, 0.29) is 25.6 Å². The lowest BCUT2D eigenvalue weighted by Crippen LogP contribution is -2.37. The second kappa shape index (κ2) is 10.1. The Morgan fingerprint density at radius 1 is 1.16 bits per heavy atom. The van der Waals surface area contributed by atoms with Gasteiger partial charge in [-0.15, -0.1) is 0 Å². The highest BCUT2D eigenvalue weighted by molar-refractivity contribution is 5.91. The fourth-order valence-electron chi connectivity index (χ4n) is 3.53. The first-order valence-corrected chi connectivity index (χ1v) is 10.3. The lowest BCUT2D eigenvalue weighted by atomic mass is 10.2. The van der Waals surface area contributed by atoms with Gasteiger partial charge in [0.15, 0.2) is 0 Å². The molecular formula is C24H28N2O5. The number of aryl methyl sites for hydroxylation is 1. The average Bonchev–Trinajstić information content (AvgIpc) is 3.39. The molecule has 1 N–H and O–H groups in total. The summed E-state index contributed by atoms with van der Waals surface area (Å²) in [5.74, 6) is -0.167. The Morgan fingerprint density at radius 2 is 1.90 bits per heavy atom. The standard InChI is InChI=1S/C24H28N2O5/c1-4-30-24(29)20-13-17(2)26(18(20)3)16-23(28)25(14-19-9-6-5-7-10-19)15-21(27)22-11-8-12-31-22/h5-13,21,27H,4,14-16H2,1-3H3/t21-/m0/s1. The summed E-state index contributed by atoms with van der Waals surface area (Å²) < 4.78 is 12.2. The van der Waals surface area contributed by atoms with E-state index in [9.17, 15) is 14.7 Å². The quantitative estimate of drug-likeness (QED) is 0.530. The maximum absolute atomic E-state index is 13.3. The number of carbonyl (C=O) groups is 2. The van der Waals surface area contributed by atoms with E-state index in [4.69, 9.17) is 9.15 Å². The average molecular weight is 424 g/mol. The summed E-state index contributed by atoms with van der Waals surface area (Å²) in [5, 5.41) is 10.6. The van der Waals surface area contributed by atoms with E-state index in [1.165, 1.54) is 6.26 Å². The molecule has 0 aliphatic carbocycles. The molecule has 0 bridgehead atoms. The highest BCUT2D eigenvalue weighted by Gasteiger charge is 2.23. The van der Waals surface area contributed by atoms with Gasteiger partial charge in [-0.2, -0.15) is 0 Å². The first kappa shape index (κ1) is 22.4. The number of carbonyl (C=O) groups excluding carboxylic acids is 2. The topological polar surface area (TPSA) is 84.9 Å². The largest absolute Gasteiger partial charge is 0.467 e. The minimum absolute atomic E-state index is 0.0504. The molecule has 0 unspecified atom stereocenters. The molecule has 2 heterocycles. The molecule has 1 amide bonds. The molecule has 1 atom stereocenters. The van der Waals surface area contributed by atoms with Gasteiger partial charge in [-0.25, -0.2) is 4.79 Å². The van der Waals surface area contributed by atoms with Crippen LogP contribution in [0.2, 0.25) is 0 Å². The number of hydrogen-bond acceptors (Lipinski definition) is 5. The first-order valence-electron chi connectivity index (χ1n) is 10.3. The van der Waals surface area contributed by atoms with E-state index >= 15 is 0 Å². The molecule has 31 heavy (non-hydrogen) atoms. The third-order valence-electron chi connectivity index (χ3n) is 5.20. The number of esters is 1. The van der Waals surface area contributed by atoms with Crippen LogP contribution in [-0.4, -0.2) is 39.6 Å². The molecule has 0 fully saturated rings. The Bertz CT molecular complexity index is 1010. The van der Waals surface area contributed by atoms with Crippen LogP contribution in [0.3, 0.4) is 0 Å². The van der Waals surface area contributed by atoms with Crippen LogP contribution in [0.25, 0.3) is 0 Å². The molecule has 3 rings (SSSR count). The summed E-state index contributed by atoms with van der Waals surface area (Å²) in [6.07, 6.45) is 0.551. The van der Waals surface area contributed by atoms with E-state index in [0.717, 1.165) is 11.3 Å². The summed E-state index contributed by atoms with van der Waals surface area (Å²) in [7, 11) is 0. The number of furan rings is 1. The molecule has 3 aromatic rings. The smallest absolute Gasteiger partial charge is 0.339 e. The van der Waals surface area contributed by atoms with Crippen molar-refractivity contribution >= 4 is 11.9 Å². The normalized spacial score (nSPS) is 11.9. The summed E-state index contributed by atoms with van der Waals surface area (Å²) in [6, 6.07) is 14.7. The summed E-state index contributed by atoms with van der Waals surface area (Å²) in [4.78, 5) is 27.1. The number of nitrogens with zero attached hydrogens (tertiary/aromatic N) is 2. The van der Waals surface area contributed by atoms with Crippen LogP contribution in [0, 0.1) is 13.8 Å². The van der Waals surface area contributed by atoms with Crippen molar-refractivity contribution in [1.29, 1.82) is 0 Å². The molecule has 0 aliphatic rings. The van der Waals surface area contributed by atoms with Crippen molar-refractivity contribution in [3.05, 3.63) is 83.1 Å². The lowest BCUT2D eigenvalue weighted by molar-refractivity contribution is -0.134. The van der Waals surface area contributed by atoms with Crippen molar-refractivity contribution in [1.82, 2.24) is 9.47 Å². The van der Waals surface area contributed by atoms with Crippen LogP contribution in [0.4, 0.5) is 0 Å². The van der Waals surface area contributed by atoms with Gasteiger partial charge < -0.3 is 23.7 Å². The van der Waals surface area contributed by atoms with Gasteiger partial charge in [0.2, 0.25) is 5.91 Å². The van der Waals surface area contributed by atoms with Gasteiger partial charge in [0, 0.05) is 17.9 Å². The van der Waals surface area contributed by atoms with E-state index in [1.807, 2.05) is 37.3 Å². The fraction of sp³-hybridized carbons (Fsp3) is 0.333. The predicted molar refractivity (Wildman–Crippen MR) is 115 cm³/mol. The van der Waals surface area contributed by atoms with Gasteiger partial charge in [0.1, 0.15) is 18.4 Å². The fourth-order valence-corrected chi connectivity index (χ4v) is 3.53. The lowest BCUT2D eigenvalue weighted by Gasteiger charge is -2.26. The minimum Gasteiger partial charge on any atom is -0.467 e. The maximum Gasteiger partial charge on any atom is 0.339 e. The second-order valence-electron chi connectivity index (χ2n) is 7.38. The summed E-state index contributed by atoms with van der Waals surface area (Å²) in [5.41, 5.74) is 2.88. The second-order valence-corrected chi connectivity index (χ2v) is 7.38. The zero-order chi connectivity index (χ0) is 22.4. The maximum atomic E-state index is 13.3. The van der Waals surface area contributed by atoms with Crippen LogP contribution in [0.5, 0.6) is 0 Å². The Labute approximate surface area is 181 Å². The highest BCUT2D eigenvalue weighted by atomic mass is 16.5. The SMILES string of the molecule is CCOC(=O)c1cc(C)n(CC(=O)N(Cc2ccccc2)C[C@H](O)c2ccco2)c1C.